The van der Waals surface area contributed by atoms with E-state index in [1.54, 1.807) is 24.3 Å². The molecular formula is C11H12N4O3. The zero-order valence-electron chi connectivity index (χ0n) is 9.94. The number of carbonyl (C=O) groups excluding carboxylic acids is 1. The molecule has 0 aliphatic carbocycles. The van der Waals surface area contributed by atoms with Gasteiger partial charge in [0.1, 0.15) is 6.33 Å². The van der Waals surface area contributed by atoms with E-state index in [1.807, 2.05) is 0 Å². The van der Waals surface area contributed by atoms with Crippen LogP contribution in [-0.4, -0.2) is 38.4 Å². The third kappa shape index (κ3) is 2.07. The average Bonchev–Trinajstić information content (AvgIpc) is 2.91. The van der Waals surface area contributed by atoms with Crippen molar-refractivity contribution >= 4 is 5.97 Å². The van der Waals surface area contributed by atoms with Gasteiger partial charge in [0.2, 0.25) is 0 Å². The largest absolute Gasteiger partial charge is 0.467 e. The van der Waals surface area contributed by atoms with Gasteiger partial charge < -0.3 is 9.84 Å². The highest BCUT2D eigenvalue weighted by molar-refractivity contribution is 5.80. The molecule has 0 aliphatic heterocycles. The van der Waals surface area contributed by atoms with Crippen LogP contribution in [0.25, 0.3) is 5.69 Å². The highest BCUT2D eigenvalue weighted by Gasteiger charge is 2.33. The molecule has 1 aromatic heterocycles. The molecule has 1 N–H and O–H groups in total. The molecule has 1 unspecified atom stereocenters. The first-order valence-electron chi connectivity index (χ1n) is 5.20. The summed E-state index contributed by atoms with van der Waals surface area (Å²) in [6.07, 6.45) is 1.42. The Balaban J connectivity index is 2.42. The van der Waals surface area contributed by atoms with Gasteiger partial charge in [-0.05, 0) is 35.0 Å². The number of benzene rings is 1. The van der Waals surface area contributed by atoms with Crippen molar-refractivity contribution in [1.82, 2.24) is 20.2 Å². The topological polar surface area (TPSA) is 90.1 Å². The highest BCUT2D eigenvalue weighted by Crippen LogP contribution is 2.23. The number of esters is 1. The lowest BCUT2D eigenvalue weighted by Crippen LogP contribution is -2.33. The van der Waals surface area contributed by atoms with E-state index in [9.17, 15) is 9.90 Å². The minimum Gasteiger partial charge on any atom is -0.467 e. The summed E-state index contributed by atoms with van der Waals surface area (Å²) in [5.41, 5.74) is -0.664. The van der Waals surface area contributed by atoms with Crippen molar-refractivity contribution < 1.29 is 14.6 Å². The maximum atomic E-state index is 11.5. The first-order chi connectivity index (χ1) is 8.55. The Labute approximate surface area is 103 Å². The predicted molar refractivity (Wildman–Crippen MR) is 60.7 cm³/mol. The monoisotopic (exact) mass is 248 g/mol. The Morgan fingerprint density at radius 1 is 1.50 bits per heavy atom. The number of nitrogens with zero attached hydrogens (tertiary/aromatic N) is 4. The van der Waals surface area contributed by atoms with Gasteiger partial charge >= 0.3 is 5.97 Å². The molecule has 18 heavy (non-hydrogen) atoms. The van der Waals surface area contributed by atoms with Crippen LogP contribution in [0.5, 0.6) is 0 Å². The SMILES string of the molecule is COC(=O)C(C)(O)c1cccc(-n2cnnn2)c1. The molecular weight excluding hydrogens is 236 g/mol. The van der Waals surface area contributed by atoms with Crippen molar-refractivity contribution in [3.8, 4) is 5.69 Å². The summed E-state index contributed by atoms with van der Waals surface area (Å²) < 4.78 is 5.99. The summed E-state index contributed by atoms with van der Waals surface area (Å²) in [5, 5.41) is 20.9. The number of tetrazole rings is 1. The molecule has 0 fully saturated rings. The molecule has 0 saturated heterocycles. The van der Waals surface area contributed by atoms with Crippen LogP contribution >= 0.6 is 0 Å². The Kier molecular flexibility index (Phi) is 3.07. The molecule has 0 saturated carbocycles. The lowest BCUT2D eigenvalue weighted by Gasteiger charge is -2.21. The molecule has 2 aromatic rings. The van der Waals surface area contributed by atoms with E-state index in [4.69, 9.17) is 0 Å². The fraction of sp³-hybridized carbons (Fsp3) is 0.273. The van der Waals surface area contributed by atoms with Gasteiger partial charge in [-0.3, -0.25) is 0 Å². The number of hydrogen-bond acceptors (Lipinski definition) is 6. The highest BCUT2D eigenvalue weighted by atomic mass is 16.5. The summed E-state index contributed by atoms with van der Waals surface area (Å²) in [4.78, 5) is 11.5. The van der Waals surface area contributed by atoms with E-state index < -0.39 is 11.6 Å². The fourth-order valence-corrected chi connectivity index (χ4v) is 1.55. The molecule has 0 radical (unpaired) electrons. The van der Waals surface area contributed by atoms with Crippen molar-refractivity contribution in [2.24, 2.45) is 0 Å². The van der Waals surface area contributed by atoms with Crippen molar-refractivity contribution in [1.29, 1.82) is 0 Å². The molecule has 0 bridgehead atoms. The van der Waals surface area contributed by atoms with E-state index >= 15 is 0 Å². The molecule has 1 heterocycles. The van der Waals surface area contributed by atoms with Crippen molar-refractivity contribution in [3.63, 3.8) is 0 Å². The number of rotatable bonds is 3. The quantitative estimate of drug-likeness (QED) is 0.771. The summed E-state index contributed by atoms with van der Waals surface area (Å²) in [6.45, 7) is 1.37. The van der Waals surface area contributed by atoms with Gasteiger partial charge in [-0.15, -0.1) is 5.10 Å². The van der Waals surface area contributed by atoms with E-state index in [0.29, 0.717) is 11.3 Å². The Bertz CT molecular complexity index is 551. The number of hydrogen-bond donors (Lipinski definition) is 1. The van der Waals surface area contributed by atoms with Gasteiger partial charge in [-0.2, -0.15) is 0 Å². The van der Waals surface area contributed by atoms with Crippen molar-refractivity contribution in [3.05, 3.63) is 36.2 Å². The molecule has 7 heteroatoms. The summed E-state index contributed by atoms with van der Waals surface area (Å²) in [5.74, 6) is -0.726. The van der Waals surface area contributed by atoms with E-state index in [0.717, 1.165) is 0 Å². The van der Waals surface area contributed by atoms with Crippen LogP contribution in [-0.2, 0) is 15.1 Å². The molecule has 1 aromatic carbocycles. The van der Waals surface area contributed by atoms with Crippen LogP contribution in [0.4, 0.5) is 0 Å². The minimum atomic E-state index is -1.71. The zero-order valence-corrected chi connectivity index (χ0v) is 9.94. The van der Waals surface area contributed by atoms with Crippen molar-refractivity contribution in [2.75, 3.05) is 7.11 Å². The van der Waals surface area contributed by atoms with E-state index in [2.05, 4.69) is 20.3 Å². The number of ether oxygens (including phenoxy) is 1. The standard InChI is InChI=1S/C11H12N4O3/c1-11(17,10(16)18-2)8-4-3-5-9(6-8)15-7-12-13-14-15/h3-7,17H,1-2H3. The second-order valence-electron chi connectivity index (χ2n) is 3.87. The Morgan fingerprint density at radius 3 is 2.89 bits per heavy atom. The second kappa shape index (κ2) is 4.53. The Morgan fingerprint density at radius 2 is 2.28 bits per heavy atom. The van der Waals surface area contributed by atoms with Gasteiger partial charge in [-0.25, -0.2) is 9.48 Å². The molecule has 1 atom stereocenters. The normalized spacial score (nSPS) is 13.9. The van der Waals surface area contributed by atoms with Crippen LogP contribution in [0.1, 0.15) is 12.5 Å². The first-order valence-corrected chi connectivity index (χ1v) is 5.20. The predicted octanol–water partition coefficient (Wildman–Crippen LogP) is 0.0428. The van der Waals surface area contributed by atoms with Crippen LogP contribution in [0.3, 0.4) is 0 Å². The van der Waals surface area contributed by atoms with Gasteiger partial charge in [-0.1, -0.05) is 12.1 Å². The van der Waals surface area contributed by atoms with Gasteiger partial charge in [0.15, 0.2) is 5.60 Å². The van der Waals surface area contributed by atoms with Crippen LogP contribution in [0.2, 0.25) is 0 Å². The smallest absolute Gasteiger partial charge is 0.342 e. The summed E-state index contributed by atoms with van der Waals surface area (Å²) >= 11 is 0. The fourth-order valence-electron chi connectivity index (χ4n) is 1.55. The lowest BCUT2D eigenvalue weighted by atomic mass is 9.96. The minimum absolute atomic E-state index is 0.405. The number of methoxy groups -OCH3 is 1. The van der Waals surface area contributed by atoms with Gasteiger partial charge in [0.25, 0.3) is 0 Å². The molecule has 0 amide bonds. The maximum absolute atomic E-state index is 11.5. The average molecular weight is 248 g/mol. The number of carbonyl (C=O) groups is 1. The third-order valence-corrected chi connectivity index (χ3v) is 2.60. The number of aliphatic hydroxyl groups is 1. The zero-order chi connectivity index (χ0) is 13.2. The van der Waals surface area contributed by atoms with Gasteiger partial charge in [0.05, 0.1) is 12.8 Å². The molecule has 2 rings (SSSR count). The molecule has 94 valence electrons. The van der Waals surface area contributed by atoms with Crippen LogP contribution < -0.4 is 0 Å². The van der Waals surface area contributed by atoms with Crippen LogP contribution in [0.15, 0.2) is 30.6 Å². The summed E-state index contributed by atoms with van der Waals surface area (Å²) in [6, 6.07) is 6.70. The second-order valence-corrected chi connectivity index (χ2v) is 3.87. The summed E-state index contributed by atoms with van der Waals surface area (Å²) in [7, 11) is 1.22. The van der Waals surface area contributed by atoms with E-state index in [1.165, 1.54) is 25.0 Å². The molecule has 7 nitrogen and oxygen atoms in total. The maximum Gasteiger partial charge on any atom is 0.342 e. The van der Waals surface area contributed by atoms with E-state index in [-0.39, 0.29) is 0 Å². The first kappa shape index (κ1) is 12.2. The van der Waals surface area contributed by atoms with Crippen LogP contribution in [0, 0.1) is 0 Å². The molecule has 0 spiro atoms. The van der Waals surface area contributed by atoms with Gasteiger partial charge in [0, 0.05) is 0 Å². The van der Waals surface area contributed by atoms with Crippen molar-refractivity contribution in [2.45, 2.75) is 12.5 Å². The molecule has 0 aliphatic rings. The lowest BCUT2D eigenvalue weighted by molar-refractivity contribution is -0.161. The Hall–Kier alpha value is -2.28. The third-order valence-electron chi connectivity index (χ3n) is 2.60. The number of aromatic nitrogens is 4.